The number of carbonyl (C=O) groups excluding carboxylic acids is 2. The minimum Gasteiger partial charge on any atom is -0.308 e. The summed E-state index contributed by atoms with van der Waals surface area (Å²) in [6.45, 7) is 3.90. The Morgan fingerprint density at radius 1 is 0.853 bits per heavy atom. The molecule has 0 aliphatic carbocycles. The zero-order valence-corrected chi connectivity index (χ0v) is 20.4. The van der Waals surface area contributed by atoms with E-state index in [2.05, 4.69) is 20.9 Å². The lowest BCUT2D eigenvalue weighted by Crippen LogP contribution is -2.22. The zero-order valence-electron chi connectivity index (χ0n) is 18.7. The number of urea groups is 1. The van der Waals surface area contributed by atoms with Crippen LogP contribution in [-0.4, -0.2) is 22.2 Å². The van der Waals surface area contributed by atoms with Crippen molar-refractivity contribution in [1.29, 1.82) is 0 Å². The van der Waals surface area contributed by atoms with Crippen molar-refractivity contribution in [1.82, 2.24) is 4.98 Å². The smallest absolute Gasteiger partial charge is 0.308 e. The van der Waals surface area contributed by atoms with Gasteiger partial charge < -0.3 is 16.0 Å². The summed E-state index contributed by atoms with van der Waals surface area (Å²) in [6.07, 6.45) is 0. The van der Waals surface area contributed by atoms with Crippen molar-refractivity contribution in [2.24, 2.45) is 0 Å². The number of para-hydroxylation sites is 1. The number of nitrogens with one attached hydrogen (secondary N) is 3. The van der Waals surface area contributed by atoms with Crippen LogP contribution >= 0.6 is 23.1 Å². The second-order valence-electron chi connectivity index (χ2n) is 7.62. The van der Waals surface area contributed by atoms with Crippen molar-refractivity contribution in [3.8, 4) is 11.3 Å². The van der Waals surface area contributed by atoms with Crippen LogP contribution in [0.25, 0.3) is 11.3 Å². The molecule has 4 rings (SSSR count). The molecule has 6 nitrogen and oxygen atoms in total. The average Bonchev–Trinajstić information content (AvgIpc) is 3.30. The Kier molecular flexibility index (Phi) is 7.61. The van der Waals surface area contributed by atoms with Crippen molar-refractivity contribution < 1.29 is 9.59 Å². The molecular formula is C26H24N4O2S2. The van der Waals surface area contributed by atoms with Crippen molar-refractivity contribution in [3.63, 3.8) is 0 Å². The molecule has 0 aliphatic rings. The Bertz CT molecular complexity index is 1260. The number of nitrogens with zero attached hydrogens (tertiary/aromatic N) is 1. The molecule has 3 amide bonds. The molecule has 172 valence electrons. The lowest BCUT2D eigenvalue weighted by molar-refractivity contribution is -0.115. The second kappa shape index (κ2) is 11.0. The molecule has 1 heterocycles. The summed E-state index contributed by atoms with van der Waals surface area (Å²) >= 11 is 2.85. The first kappa shape index (κ1) is 23.5. The number of rotatable bonds is 7. The van der Waals surface area contributed by atoms with Crippen LogP contribution in [0.3, 0.4) is 0 Å². The van der Waals surface area contributed by atoms with Crippen molar-refractivity contribution in [3.05, 3.63) is 89.8 Å². The maximum Gasteiger partial charge on any atom is 0.323 e. The summed E-state index contributed by atoms with van der Waals surface area (Å²) in [5, 5.41) is 10.7. The van der Waals surface area contributed by atoms with E-state index in [0.29, 0.717) is 10.8 Å². The second-order valence-corrected chi connectivity index (χ2v) is 9.90. The molecule has 0 radical (unpaired) electrons. The van der Waals surface area contributed by atoms with Gasteiger partial charge in [0.25, 0.3) is 0 Å². The van der Waals surface area contributed by atoms with Crippen LogP contribution in [0, 0.1) is 6.92 Å². The van der Waals surface area contributed by atoms with Gasteiger partial charge in [0.2, 0.25) is 5.91 Å². The number of thioether (sulfide) groups is 1. The summed E-state index contributed by atoms with van der Waals surface area (Å²) in [4.78, 5) is 30.3. The van der Waals surface area contributed by atoms with Crippen LogP contribution in [-0.2, 0) is 4.79 Å². The average molecular weight is 489 g/mol. The minimum absolute atomic E-state index is 0.112. The predicted octanol–water partition coefficient (Wildman–Crippen LogP) is 6.88. The number of hydrogen-bond acceptors (Lipinski definition) is 5. The van der Waals surface area contributed by atoms with E-state index in [0.717, 1.165) is 21.8 Å². The van der Waals surface area contributed by atoms with E-state index in [-0.39, 0.29) is 17.2 Å². The first-order valence-electron chi connectivity index (χ1n) is 10.7. The molecule has 3 N–H and O–H groups in total. The van der Waals surface area contributed by atoms with E-state index in [1.165, 1.54) is 28.7 Å². The van der Waals surface area contributed by atoms with Gasteiger partial charge in [-0.25, -0.2) is 9.78 Å². The van der Waals surface area contributed by atoms with Gasteiger partial charge in [0, 0.05) is 27.2 Å². The zero-order chi connectivity index (χ0) is 23.9. The van der Waals surface area contributed by atoms with Gasteiger partial charge in [-0.05, 0) is 50.2 Å². The highest BCUT2D eigenvalue weighted by Gasteiger charge is 2.16. The number of anilines is 3. The number of thiazole rings is 1. The number of aromatic nitrogens is 1. The molecule has 0 fully saturated rings. The Morgan fingerprint density at radius 3 is 2.18 bits per heavy atom. The molecule has 0 spiro atoms. The molecule has 3 aromatic carbocycles. The largest absolute Gasteiger partial charge is 0.323 e. The van der Waals surface area contributed by atoms with E-state index in [4.69, 9.17) is 0 Å². The van der Waals surface area contributed by atoms with Gasteiger partial charge in [-0.15, -0.1) is 23.1 Å². The third kappa shape index (κ3) is 6.46. The lowest BCUT2D eigenvalue weighted by Gasteiger charge is -2.11. The summed E-state index contributed by atoms with van der Waals surface area (Å²) in [5.41, 5.74) is 4.45. The van der Waals surface area contributed by atoms with Gasteiger partial charge in [0.05, 0.1) is 10.9 Å². The lowest BCUT2D eigenvalue weighted by atomic mass is 10.1. The topological polar surface area (TPSA) is 83.1 Å². The molecule has 0 aliphatic heterocycles. The van der Waals surface area contributed by atoms with Gasteiger partial charge >= 0.3 is 6.03 Å². The Balaban J connectivity index is 1.28. The minimum atomic E-state index is -0.313. The third-order valence-corrected chi connectivity index (χ3v) is 6.78. The fourth-order valence-corrected chi connectivity index (χ4v) is 4.67. The van der Waals surface area contributed by atoms with Crippen molar-refractivity contribution >= 4 is 51.5 Å². The van der Waals surface area contributed by atoms with Crippen LogP contribution in [0.5, 0.6) is 0 Å². The van der Waals surface area contributed by atoms with Crippen LogP contribution in [0.4, 0.5) is 21.3 Å². The van der Waals surface area contributed by atoms with Gasteiger partial charge in [-0.3, -0.25) is 4.79 Å². The molecule has 8 heteroatoms. The number of amides is 3. The highest BCUT2D eigenvalue weighted by atomic mass is 32.2. The molecule has 1 aromatic heterocycles. The van der Waals surface area contributed by atoms with Gasteiger partial charge in [0.15, 0.2) is 5.13 Å². The van der Waals surface area contributed by atoms with E-state index < -0.39 is 0 Å². The summed E-state index contributed by atoms with van der Waals surface area (Å²) in [5.74, 6) is -0.112. The molecular weight excluding hydrogens is 464 g/mol. The number of benzene rings is 3. The monoisotopic (exact) mass is 488 g/mol. The number of aryl methyl sites for hydroxylation is 1. The standard InChI is InChI=1S/C26H24N4O2S2/c1-17-8-10-19(11-9-17)23-16-33-26(29-23)30-24(31)18(2)34-22-14-12-21(13-15-22)28-25(32)27-20-6-4-3-5-7-20/h3-16,18H,1-2H3,(H2,27,28,32)(H,29,30,31). The van der Waals surface area contributed by atoms with Crippen molar-refractivity contribution in [2.75, 3.05) is 16.0 Å². The van der Waals surface area contributed by atoms with Crippen LogP contribution in [0.1, 0.15) is 12.5 Å². The number of carbonyl (C=O) groups is 2. The first-order chi connectivity index (χ1) is 16.5. The van der Waals surface area contributed by atoms with Crippen LogP contribution in [0.15, 0.2) is 89.1 Å². The van der Waals surface area contributed by atoms with E-state index in [1.54, 1.807) is 0 Å². The normalized spacial score (nSPS) is 11.5. The maximum absolute atomic E-state index is 12.7. The van der Waals surface area contributed by atoms with Crippen LogP contribution < -0.4 is 16.0 Å². The van der Waals surface area contributed by atoms with E-state index in [1.807, 2.05) is 98.1 Å². The Morgan fingerprint density at radius 2 is 1.50 bits per heavy atom. The number of hydrogen-bond donors (Lipinski definition) is 3. The van der Waals surface area contributed by atoms with Gasteiger partial charge in [0.1, 0.15) is 0 Å². The SMILES string of the molecule is Cc1ccc(-c2csc(NC(=O)C(C)Sc3ccc(NC(=O)Nc4ccccc4)cc3)n2)cc1. The Hall–Kier alpha value is -3.62. The molecule has 0 bridgehead atoms. The molecule has 0 saturated heterocycles. The maximum atomic E-state index is 12.7. The third-order valence-electron chi connectivity index (χ3n) is 4.91. The van der Waals surface area contributed by atoms with E-state index >= 15 is 0 Å². The molecule has 34 heavy (non-hydrogen) atoms. The first-order valence-corrected chi connectivity index (χ1v) is 12.5. The quantitative estimate of drug-likeness (QED) is 0.248. The van der Waals surface area contributed by atoms with Gasteiger partial charge in [-0.1, -0.05) is 48.0 Å². The fraction of sp³-hybridized carbons (Fsp3) is 0.115. The summed E-state index contributed by atoms with van der Waals surface area (Å²) in [7, 11) is 0. The molecule has 1 atom stereocenters. The molecule has 4 aromatic rings. The molecule has 1 unspecified atom stereocenters. The highest BCUT2D eigenvalue weighted by Crippen LogP contribution is 2.28. The Labute approximate surface area is 206 Å². The predicted molar refractivity (Wildman–Crippen MR) is 142 cm³/mol. The van der Waals surface area contributed by atoms with Gasteiger partial charge in [-0.2, -0.15) is 0 Å². The van der Waals surface area contributed by atoms with Crippen molar-refractivity contribution in [2.45, 2.75) is 24.0 Å². The fourth-order valence-electron chi connectivity index (χ4n) is 3.08. The summed E-state index contributed by atoms with van der Waals surface area (Å²) in [6, 6.07) is 24.5. The summed E-state index contributed by atoms with van der Waals surface area (Å²) < 4.78 is 0. The van der Waals surface area contributed by atoms with E-state index in [9.17, 15) is 9.59 Å². The van der Waals surface area contributed by atoms with Crippen LogP contribution in [0.2, 0.25) is 0 Å². The highest BCUT2D eigenvalue weighted by molar-refractivity contribution is 8.00. The molecule has 0 saturated carbocycles.